The number of nitrogens with zero attached hydrogens (tertiary/aromatic N) is 1. The van der Waals surface area contributed by atoms with E-state index in [-0.39, 0.29) is 11.2 Å². The van der Waals surface area contributed by atoms with Crippen LogP contribution in [0.15, 0.2) is 34.9 Å². The van der Waals surface area contributed by atoms with Gasteiger partial charge < -0.3 is 14.6 Å². The maximum atomic E-state index is 12.0. The molecule has 0 saturated carbocycles. The van der Waals surface area contributed by atoms with Gasteiger partial charge >= 0.3 is 0 Å². The van der Waals surface area contributed by atoms with Crippen LogP contribution in [0.3, 0.4) is 0 Å². The molecule has 1 aromatic carbocycles. The Hall–Kier alpha value is -1.66. The SMILES string of the molecule is Cc1cc(NC(=O)C(C)SCCOc2ccc(Cl)cc2)no1. The number of amides is 1. The largest absolute Gasteiger partial charge is 0.493 e. The Labute approximate surface area is 138 Å². The second-order valence-corrected chi connectivity index (χ2v) is 6.51. The van der Waals surface area contributed by atoms with Crippen molar-refractivity contribution < 1.29 is 14.1 Å². The highest BCUT2D eigenvalue weighted by Gasteiger charge is 2.15. The molecule has 0 fully saturated rings. The summed E-state index contributed by atoms with van der Waals surface area (Å²) >= 11 is 7.31. The van der Waals surface area contributed by atoms with Crippen LogP contribution in [0.2, 0.25) is 5.02 Å². The molecule has 5 nitrogen and oxygen atoms in total. The molecule has 0 aliphatic rings. The van der Waals surface area contributed by atoms with Crippen molar-refractivity contribution in [1.29, 1.82) is 0 Å². The molecule has 22 heavy (non-hydrogen) atoms. The highest BCUT2D eigenvalue weighted by Crippen LogP contribution is 2.17. The maximum Gasteiger partial charge on any atom is 0.238 e. The van der Waals surface area contributed by atoms with Crippen LogP contribution < -0.4 is 10.1 Å². The summed E-state index contributed by atoms with van der Waals surface area (Å²) in [6.45, 7) is 4.14. The summed E-state index contributed by atoms with van der Waals surface area (Å²) in [6.07, 6.45) is 0. The Balaban J connectivity index is 1.67. The van der Waals surface area contributed by atoms with Gasteiger partial charge in [-0.25, -0.2) is 0 Å². The van der Waals surface area contributed by atoms with Gasteiger partial charge in [-0.2, -0.15) is 0 Å². The molecule has 7 heteroatoms. The molecule has 1 N–H and O–H groups in total. The summed E-state index contributed by atoms with van der Waals surface area (Å²) < 4.78 is 10.5. The summed E-state index contributed by atoms with van der Waals surface area (Å²) in [6, 6.07) is 8.87. The van der Waals surface area contributed by atoms with Gasteiger partial charge in [0.05, 0.1) is 11.9 Å². The number of thioether (sulfide) groups is 1. The Kier molecular flexibility index (Phi) is 6.15. The van der Waals surface area contributed by atoms with Crippen molar-refractivity contribution in [2.24, 2.45) is 0 Å². The van der Waals surface area contributed by atoms with Gasteiger partial charge in [0.2, 0.25) is 5.91 Å². The molecular weight excluding hydrogens is 324 g/mol. The lowest BCUT2D eigenvalue weighted by molar-refractivity contribution is -0.115. The molecule has 1 unspecified atom stereocenters. The van der Waals surface area contributed by atoms with E-state index in [0.29, 0.717) is 29.0 Å². The number of rotatable bonds is 7. The number of aryl methyl sites for hydroxylation is 1. The molecule has 0 aliphatic heterocycles. The van der Waals surface area contributed by atoms with Crippen molar-refractivity contribution in [2.75, 3.05) is 17.7 Å². The maximum absolute atomic E-state index is 12.0. The van der Waals surface area contributed by atoms with Crippen LogP contribution in [0.1, 0.15) is 12.7 Å². The summed E-state index contributed by atoms with van der Waals surface area (Å²) in [5, 5.41) is 6.91. The van der Waals surface area contributed by atoms with Gasteiger partial charge in [-0.05, 0) is 38.1 Å². The van der Waals surface area contributed by atoms with Gasteiger partial charge in [0.15, 0.2) is 5.82 Å². The first kappa shape index (κ1) is 16.7. The second kappa shape index (κ2) is 8.10. The minimum Gasteiger partial charge on any atom is -0.493 e. The summed E-state index contributed by atoms with van der Waals surface area (Å²) in [7, 11) is 0. The van der Waals surface area contributed by atoms with E-state index in [1.54, 1.807) is 25.1 Å². The number of hydrogen-bond donors (Lipinski definition) is 1. The molecule has 2 rings (SSSR count). The Morgan fingerprint density at radius 3 is 2.82 bits per heavy atom. The van der Waals surface area contributed by atoms with Crippen molar-refractivity contribution in [3.05, 3.63) is 41.1 Å². The Morgan fingerprint density at radius 1 is 1.45 bits per heavy atom. The van der Waals surface area contributed by atoms with E-state index in [1.807, 2.05) is 19.1 Å². The molecule has 0 aliphatic carbocycles. The highest BCUT2D eigenvalue weighted by molar-refractivity contribution is 8.00. The van der Waals surface area contributed by atoms with E-state index in [4.69, 9.17) is 20.9 Å². The fraction of sp³-hybridized carbons (Fsp3) is 0.333. The quantitative estimate of drug-likeness (QED) is 0.777. The summed E-state index contributed by atoms with van der Waals surface area (Å²) in [5.41, 5.74) is 0. The summed E-state index contributed by atoms with van der Waals surface area (Å²) in [4.78, 5) is 12.0. The van der Waals surface area contributed by atoms with Gasteiger partial charge in [0.1, 0.15) is 11.5 Å². The molecule has 0 spiro atoms. The average Bonchev–Trinajstić information content (AvgIpc) is 2.90. The van der Waals surface area contributed by atoms with Crippen LogP contribution in [-0.2, 0) is 4.79 Å². The molecule has 0 radical (unpaired) electrons. The van der Waals surface area contributed by atoms with Gasteiger partial charge in [-0.3, -0.25) is 4.79 Å². The van der Waals surface area contributed by atoms with E-state index in [1.165, 1.54) is 11.8 Å². The Morgan fingerprint density at radius 2 is 2.18 bits per heavy atom. The number of halogens is 1. The molecule has 1 aromatic heterocycles. The number of nitrogens with one attached hydrogen (secondary N) is 1. The first-order valence-electron chi connectivity index (χ1n) is 6.79. The fourth-order valence-corrected chi connectivity index (χ4v) is 2.51. The van der Waals surface area contributed by atoms with E-state index in [9.17, 15) is 4.79 Å². The normalized spacial score (nSPS) is 12.0. The number of hydrogen-bond acceptors (Lipinski definition) is 5. The zero-order chi connectivity index (χ0) is 15.9. The van der Waals surface area contributed by atoms with Crippen molar-refractivity contribution in [3.8, 4) is 5.75 Å². The lowest BCUT2D eigenvalue weighted by Crippen LogP contribution is -2.23. The molecule has 0 saturated heterocycles. The highest BCUT2D eigenvalue weighted by atomic mass is 35.5. The van der Waals surface area contributed by atoms with E-state index in [2.05, 4.69) is 10.5 Å². The first-order valence-corrected chi connectivity index (χ1v) is 8.21. The minimum absolute atomic E-state index is 0.107. The zero-order valence-electron chi connectivity index (χ0n) is 12.3. The van der Waals surface area contributed by atoms with Gasteiger partial charge in [-0.15, -0.1) is 11.8 Å². The number of carbonyl (C=O) groups excluding carboxylic acids is 1. The van der Waals surface area contributed by atoms with E-state index < -0.39 is 0 Å². The number of ether oxygens (including phenoxy) is 1. The van der Waals surface area contributed by atoms with Gasteiger partial charge in [-0.1, -0.05) is 16.8 Å². The van der Waals surface area contributed by atoms with E-state index >= 15 is 0 Å². The molecule has 0 bridgehead atoms. The third kappa shape index (κ3) is 5.27. The standard InChI is InChI=1S/C15H17ClN2O3S/c1-10-9-14(18-21-10)17-15(19)11(2)22-8-7-20-13-5-3-12(16)4-6-13/h3-6,9,11H,7-8H2,1-2H3,(H,17,18,19). The average molecular weight is 341 g/mol. The molecule has 2 aromatic rings. The number of benzene rings is 1. The molecule has 1 atom stereocenters. The minimum atomic E-state index is -0.203. The van der Waals surface area contributed by atoms with Gasteiger partial charge in [0.25, 0.3) is 0 Å². The summed E-state index contributed by atoms with van der Waals surface area (Å²) in [5.74, 6) is 2.46. The third-order valence-corrected chi connectivity index (χ3v) is 4.15. The number of anilines is 1. The fourth-order valence-electron chi connectivity index (χ4n) is 1.64. The smallest absolute Gasteiger partial charge is 0.238 e. The molecule has 1 heterocycles. The lowest BCUT2D eigenvalue weighted by atomic mass is 10.3. The van der Waals surface area contributed by atoms with Crippen LogP contribution in [0.5, 0.6) is 5.75 Å². The number of carbonyl (C=O) groups is 1. The van der Waals surface area contributed by atoms with Crippen molar-refractivity contribution in [2.45, 2.75) is 19.1 Å². The number of aromatic nitrogens is 1. The van der Waals surface area contributed by atoms with Crippen LogP contribution in [0.25, 0.3) is 0 Å². The topological polar surface area (TPSA) is 64.4 Å². The predicted octanol–water partition coefficient (Wildman–Crippen LogP) is 3.78. The van der Waals surface area contributed by atoms with Crippen molar-refractivity contribution >= 4 is 35.1 Å². The monoisotopic (exact) mass is 340 g/mol. The third-order valence-electron chi connectivity index (χ3n) is 2.78. The van der Waals surface area contributed by atoms with Crippen LogP contribution >= 0.6 is 23.4 Å². The van der Waals surface area contributed by atoms with Crippen LogP contribution in [0, 0.1) is 6.92 Å². The predicted molar refractivity (Wildman–Crippen MR) is 88.7 cm³/mol. The first-order chi connectivity index (χ1) is 10.5. The Bertz CT molecular complexity index is 616. The van der Waals surface area contributed by atoms with Gasteiger partial charge in [0, 0.05) is 16.8 Å². The molecular formula is C15H17ClN2O3S. The molecule has 1 amide bonds. The van der Waals surface area contributed by atoms with Crippen molar-refractivity contribution in [1.82, 2.24) is 5.16 Å². The lowest BCUT2D eigenvalue weighted by Gasteiger charge is -2.11. The zero-order valence-corrected chi connectivity index (χ0v) is 13.9. The van der Waals surface area contributed by atoms with Crippen LogP contribution in [0.4, 0.5) is 5.82 Å². The van der Waals surface area contributed by atoms with E-state index in [0.717, 1.165) is 5.75 Å². The molecule has 118 valence electrons. The van der Waals surface area contributed by atoms with Crippen LogP contribution in [-0.4, -0.2) is 28.7 Å². The second-order valence-electron chi connectivity index (χ2n) is 4.63. The van der Waals surface area contributed by atoms with Crippen molar-refractivity contribution in [3.63, 3.8) is 0 Å².